The second-order valence-electron chi connectivity index (χ2n) is 7.16. The first-order chi connectivity index (χ1) is 13.7. The van der Waals surface area contributed by atoms with Gasteiger partial charge in [-0.2, -0.15) is 0 Å². The predicted octanol–water partition coefficient (Wildman–Crippen LogP) is 4.92. The molecule has 0 atom stereocenters. The van der Waals surface area contributed by atoms with E-state index in [0.29, 0.717) is 11.4 Å². The lowest BCUT2D eigenvalue weighted by Crippen LogP contribution is -2.13. The van der Waals surface area contributed by atoms with Crippen molar-refractivity contribution in [1.82, 2.24) is 0 Å². The molecule has 0 radical (unpaired) electrons. The Kier molecular flexibility index (Phi) is 6.03. The third kappa shape index (κ3) is 5.23. The quantitative estimate of drug-likeness (QED) is 0.590. The van der Waals surface area contributed by atoms with E-state index in [2.05, 4.69) is 9.71 Å². The summed E-state index contributed by atoms with van der Waals surface area (Å²) in [7, 11) is 0.335. The van der Waals surface area contributed by atoms with Crippen molar-refractivity contribution in [3.63, 3.8) is 0 Å². The van der Waals surface area contributed by atoms with Crippen LogP contribution in [0.25, 0.3) is 0 Å². The van der Waals surface area contributed by atoms with E-state index in [1.165, 1.54) is 0 Å². The molecule has 1 N–H and O–H groups in total. The molecular weight excluding hydrogens is 382 g/mol. The fourth-order valence-corrected chi connectivity index (χ4v) is 3.98. The number of aliphatic imine (C=N–C) groups is 1. The summed E-state index contributed by atoms with van der Waals surface area (Å²) in [6.45, 7) is 3.86. The second-order valence-corrected chi connectivity index (χ2v) is 8.84. The minimum Gasteiger partial charge on any atom is -0.378 e. The van der Waals surface area contributed by atoms with Crippen LogP contribution in [0.5, 0.6) is 0 Å². The van der Waals surface area contributed by atoms with Crippen molar-refractivity contribution in [3.05, 3.63) is 83.4 Å². The van der Waals surface area contributed by atoms with Crippen LogP contribution in [0.1, 0.15) is 16.7 Å². The average molecular weight is 408 g/mol. The van der Waals surface area contributed by atoms with Gasteiger partial charge in [0.1, 0.15) is 0 Å². The number of hydrogen-bond donors (Lipinski definition) is 1. The highest BCUT2D eigenvalue weighted by atomic mass is 32.2. The largest absolute Gasteiger partial charge is 0.378 e. The zero-order valence-corrected chi connectivity index (χ0v) is 17.9. The van der Waals surface area contributed by atoms with Gasteiger partial charge in [0.15, 0.2) is 0 Å². The van der Waals surface area contributed by atoms with Gasteiger partial charge in [-0.3, -0.25) is 9.71 Å². The minimum atomic E-state index is -3.65. The van der Waals surface area contributed by atoms with Crippen LogP contribution in [0.4, 0.5) is 17.1 Å². The van der Waals surface area contributed by atoms with Crippen LogP contribution >= 0.6 is 0 Å². The Balaban J connectivity index is 1.73. The molecule has 0 aromatic heterocycles. The van der Waals surface area contributed by atoms with Crippen molar-refractivity contribution in [2.45, 2.75) is 18.7 Å². The Morgan fingerprint density at radius 2 is 1.55 bits per heavy atom. The maximum Gasteiger partial charge on any atom is 0.261 e. The summed E-state index contributed by atoms with van der Waals surface area (Å²) >= 11 is 0. The van der Waals surface area contributed by atoms with Crippen LogP contribution in [0.15, 0.2) is 76.6 Å². The monoisotopic (exact) mass is 407 g/mol. The lowest BCUT2D eigenvalue weighted by molar-refractivity contribution is 0.601. The lowest BCUT2D eigenvalue weighted by Gasteiger charge is -2.11. The number of aryl methyl sites for hydroxylation is 2. The third-order valence-corrected chi connectivity index (χ3v) is 5.93. The van der Waals surface area contributed by atoms with E-state index in [1.807, 2.05) is 69.2 Å². The van der Waals surface area contributed by atoms with Gasteiger partial charge in [0.2, 0.25) is 0 Å². The molecule has 5 nitrogen and oxygen atoms in total. The van der Waals surface area contributed by atoms with E-state index < -0.39 is 10.0 Å². The Hall–Kier alpha value is -3.12. The van der Waals surface area contributed by atoms with Gasteiger partial charge >= 0.3 is 0 Å². The maximum absolute atomic E-state index is 12.7. The highest BCUT2D eigenvalue weighted by molar-refractivity contribution is 7.92. The molecule has 0 unspecified atom stereocenters. The fraction of sp³-hybridized carbons (Fsp3) is 0.174. The first-order valence-electron chi connectivity index (χ1n) is 9.26. The molecule has 29 heavy (non-hydrogen) atoms. The zero-order chi connectivity index (χ0) is 21.0. The zero-order valence-electron chi connectivity index (χ0n) is 17.0. The topological polar surface area (TPSA) is 61.8 Å². The van der Waals surface area contributed by atoms with Gasteiger partial charge in [-0.25, -0.2) is 8.42 Å². The van der Waals surface area contributed by atoms with Gasteiger partial charge in [-0.1, -0.05) is 29.8 Å². The molecule has 0 aliphatic carbocycles. The molecule has 0 spiro atoms. The van der Waals surface area contributed by atoms with Crippen LogP contribution in [0.3, 0.4) is 0 Å². The molecule has 0 aliphatic heterocycles. The molecule has 0 heterocycles. The molecule has 150 valence electrons. The lowest BCUT2D eigenvalue weighted by atomic mass is 10.1. The number of nitrogens with zero attached hydrogens (tertiary/aromatic N) is 2. The molecule has 0 fully saturated rings. The van der Waals surface area contributed by atoms with Gasteiger partial charge in [0.05, 0.1) is 16.3 Å². The van der Waals surface area contributed by atoms with E-state index >= 15 is 0 Å². The Morgan fingerprint density at radius 3 is 2.14 bits per heavy atom. The molecule has 0 amide bonds. The average Bonchev–Trinajstić information content (AvgIpc) is 2.69. The maximum atomic E-state index is 12.7. The number of sulfonamides is 1. The summed E-state index contributed by atoms with van der Waals surface area (Å²) in [6, 6.07) is 20.2. The van der Waals surface area contributed by atoms with Gasteiger partial charge in [-0.05, 0) is 67.4 Å². The molecule has 0 aliphatic rings. The van der Waals surface area contributed by atoms with Crippen LogP contribution in [-0.4, -0.2) is 28.7 Å². The van der Waals surface area contributed by atoms with E-state index in [4.69, 9.17) is 0 Å². The molecule has 3 aromatic carbocycles. The minimum absolute atomic E-state index is 0.201. The van der Waals surface area contributed by atoms with Crippen LogP contribution < -0.4 is 9.62 Å². The van der Waals surface area contributed by atoms with Gasteiger partial charge in [0, 0.05) is 26.0 Å². The summed E-state index contributed by atoms with van der Waals surface area (Å²) in [5.41, 5.74) is 5.34. The van der Waals surface area contributed by atoms with E-state index in [-0.39, 0.29) is 4.90 Å². The molecule has 0 saturated heterocycles. The SMILES string of the molecule is Cc1ccc(NS(=O)(=O)c2ccc(N=Cc3ccc(N(C)C)cc3)cc2)c(C)c1. The smallest absolute Gasteiger partial charge is 0.261 e. The van der Waals surface area contributed by atoms with Crippen LogP contribution in [0, 0.1) is 13.8 Å². The molecule has 3 rings (SSSR count). The van der Waals surface area contributed by atoms with Crippen molar-refractivity contribution in [3.8, 4) is 0 Å². The van der Waals surface area contributed by atoms with Crippen molar-refractivity contribution >= 4 is 33.3 Å². The number of rotatable bonds is 6. The fourth-order valence-electron chi connectivity index (χ4n) is 2.85. The molecule has 0 bridgehead atoms. The van der Waals surface area contributed by atoms with E-state index in [9.17, 15) is 8.42 Å². The normalized spacial score (nSPS) is 11.6. The van der Waals surface area contributed by atoms with Crippen LogP contribution in [0.2, 0.25) is 0 Å². The summed E-state index contributed by atoms with van der Waals surface area (Å²) < 4.78 is 28.0. The van der Waals surface area contributed by atoms with Crippen molar-refractivity contribution in [1.29, 1.82) is 0 Å². The van der Waals surface area contributed by atoms with Crippen molar-refractivity contribution in [2.75, 3.05) is 23.7 Å². The summed E-state index contributed by atoms with van der Waals surface area (Å²) in [5, 5.41) is 0. The summed E-state index contributed by atoms with van der Waals surface area (Å²) in [4.78, 5) is 6.66. The highest BCUT2D eigenvalue weighted by Gasteiger charge is 2.15. The van der Waals surface area contributed by atoms with E-state index in [1.54, 1.807) is 36.5 Å². The van der Waals surface area contributed by atoms with E-state index in [0.717, 1.165) is 22.4 Å². The third-order valence-electron chi connectivity index (χ3n) is 4.55. The highest BCUT2D eigenvalue weighted by Crippen LogP contribution is 2.22. The van der Waals surface area contributed by atoms with Crippen molar-refractivity contribution < 1.29 is 8.42 Å². The Labute approximate surface area is 172 Å². The van der Waals surface area contributed by atoms with Gasteiger partial charge in [-0.15, -0.1) is 0 Å². The molecule has 3 aromatic rings. The van der Waals surface area contributed by atoms with Gasteiger partial charge in [0.25, 0.3) is 10.0 Å². The van der Waals surface area contributed by atoms with Crippen molar-refractivity contribution in [2.24, 2.45) is 4.99 Å². The standard InChI is InChI=1S/C23H25N3O2S/c1-17-5-14-23(18(2)15-17)25-29(27,28)22-12-8-20(9-13-22)24-16-19-6-10-21(11-7-19)26(3)4/h5-16,25H,1-4H3. The Bertz CT molecular complexity index is 1120. The predicted molar refractivity (Wildman–Crippen MR) is 121 cm³/mol. The first kappa shape index (κ1) is 20.6. The Morgan fingerprint density at radius 1 is 0.897 bits per heavy atom. The second kappa shape index (κ2) is 8.49. The number of anilines is 2. The number of benzene rings is 3. The molecule has 6 heteroatoms. The number of nitrogens with one attached hydrogen (secondary N) is 1. The van der Waals surface area contributed by atoms with Gasteiger partial charge < -0.3 is 4.90 Å². The van der Waals surface area contributed by atoms with Crippen LogP contribution in [-0.2, 0) is 10.0 Å². The molecular formula is C23H25N3O2S. The summed E-state index contributed by atoms with van der Waals surface area (Å²) in [5.74, 6) is 0. The summed E-state index contributed by atoms with van der Waals surface area (Å²) in [6.07, 6.45) is 1.76. The first-order valence-corrected chi connectivity index (χ1v) is 10.7. The number of hydrogen-bond acceptors (Lipinski definition) is 4. The molecule has 0 saturated carbocycles.